The third-order valence-corrected chi connectivity index (χ3v) is 4.08. The van der Waals surface area contributed by atoms with Crippen molar-refractivity contribution in [2.24, 2.45) is 0 Å². The molecule has 2 heterocycles. The summed E-state index contributed by atoms with van der Waals surface area (Å²) in [5, 5.41) is 3.55. The molecule has 0 spiro atoms. The van der Waals surface area contributed by atoms with Gasteiger partial charge in [0.25, 0.3) is 0 Å². The highest BCUT2D eigenvalue weighted by atomic mass is 16.7. The maximum atomic E-state index is 5.49. The van der Waals surface area contributed by atoms with Gasteiger partial charge in [0.2, 0.25) is 6.79 Å². The minimum atomic E-state index is 0.144. The molecule has 2 aliphatic heterocycles. The summed E-state index contributed by atoms with van der Waals surface area (Å²) in [6.07, 6.45) is 1.13. The highest BCUT2D eigenvalue weighted by molar-refractivity contribution is 5.58. The zero-order valence-corrected chi connectivity index (χ0v) is 11.9. The van der Waals surface area contributed by atoms with E-state index in [0.717, 1.165) is 31.0 Å². The van der Waals surface area contributed by atoms with E-state index in [2.05, 4.69) is 43.1 Å². The van der Waals surface area contributed by atoms with Gasteiger partial charge in [0.05, 0.1) is 0 Å². The van der Waals surface area contributed by atoms with Crippen molar-refractivity contribution in [1.82, 2.24) is 5.32 Å². The summed E-state index contributed by atoms with van der Waals surface area (Å²) < 4.78 is 10.9. The van der Waals surface area contributed by atoms with Gasteiger partial charge in [-0.3, -0.25) is 0 Å². The van der Waals surface area contributed by atoms with Crippen molar-refractivity contribution in [3.05, 3.63) is 18.2 Å². The van der Waals surface area contributed by atoms with E-state index in [9.17, 15) is 0 Å². The van der Waals surface area contributed by atoms with Crippen LogP contribution in [0, 0.1) is 0 Å². The number of benzene rings is 1. The number of hydrogen-bond donors (Lipinski definition) is 1. The topological polar surface area (TPSA) is 33.7 Å². The minimum Gasteiger partial charge on any atom is -0.454 e. The average molecular weight is 262 g/mol. The molecule has 1 fully saturated rings. The van der Waals surface area contributed by atoms with Crippen molar-refractivity contribution >= 4 is 5.69 Å². The van der Waals surface area contributed by atoms with Crippen LogP contribution in [-0.2, 0) is 0 Å². The Morgan fingerprint density at radius 2 is 2.05 bits per heavy atom. The van der Waals surface area contributed by atoms with Crippen molar-refractivity contribution in [1.29, 1.82) is 0 Å². The normalized spacial score (nSPS) is 25.2. The SMILES string of the molecule is CC1CN(c2ccc3c(c2)OCO3)C(C)(C)CCN1. The molecule has 0 bridgehead atoms. The third kappa shape index (κ3) is 2.37. The molecule has 4 heteroatoms. The molecule has 2 aliphatic rings. The van der Waals surface area contributed by atoms with Crippen molar-refractivity contribution in [3.63, 3.8) is 0 Å². The van der Waals surface area contributed by atoms with Crippen molar-refractivity contribution in [3.8, 4) is 11.5 Å². The van der Waals surface area contributed by atoms with E-state index in [1.165, 1.54) is 5.69 Å². The lowest BCUT2D eigenvalue weighted by Crippen LogP contribution is -2.46. The molecule has 1 unspecified atom stereocenters. The Hall–Kier alpha value is -1.42. The van der Waals surface area contributed by atoms with Gasteiger partial charge in [0.15, 0.2) is 11.5 Å². The van der Waals surface area contributed by atoms with E-state index in [0.29, 0.717) is 12.8 Å². The third-order valence-electron chi connectivity index (χ3n) is 4.08. The Labute approximate surface area is 114 Å². The standard InChI is InChI=1S/C15H22N2O2/c1-11-9-17(15(2,3)6-7-16-11)12-4-5-13-14(8-12)19-10-18-13/h4-5,8,11,16H,6-7,9-10H2,1-3H3. The van der Waals surface area contributed by atoms with Gasteiger partial charge in [-0.15, -0.1) is 0 Å². The largest absolute Gasteiger partial charge is 0.454 e. The molecule has 0 amide bonds. The van der Waals surface area contributed by atoms with E-state index in [1.807, 2.05) is 6.07 Å². The molecule has 1 atom stereocenters. The molecule has 0 saturated carbocycles. The van der Waals surface area contributed by atoms with Gasteiger partial charge in [0, 0.05) is 29.9 Å². The molecule has 0 aliphatic carbocycles. The molecule has 1 N–H and O–H groups in total. The molecule has 104 valence electrons. The lowest BCUT2D eigenvalue weighted by molar-refractivity contribution is 0.174. The molecule has 19 heavy (non-hydrogen) atoms. The predicted molar refractivity (Wildman–Crippen MR) is 76.1 cm³/mol. The lowest BCUT2D eigenvalue weighted by atomic mass is 9.97. The van der Waals surface area contributed by atoms with Crippen LogP contribution in [0.5, 0.6) is 11.5 Å². The molecule has 3 rings (SSSR count). The second-order valence-corrected chi connectivity index (χ2v) is 6.07. The monoisotopic (exact) mass is 262 g/mol. The first-order valence-corrected chi connectivity index (χ1v) is 6.97. The number of nitrogens with zero attached hydrogens (tertiary/aromatic N) is 1. The van der Waals surface area contributed by atoms with Gasteiger partial charge in [-0.1, -0.05) is 0 Å². The smallest absolute Gasteiger partial charge is 0.231 e. The first-order chi connectivity index (χ1) is 9.06. The van der Waals surface area contributed by atoms with Crippen LogP contribution in [0.15, 0.2) is 18.2 Å². The summed E-state index contributed by atoms with van der Waals surface area (Å²) in [7, 11) is 0. The van der Waals surface area contributed by atoms with Crippen LogP contribution in [0.3, 0.4) is 0 Å². The second-order valence-electron chi connectivity index (χ2n) is 6.07. The number of fused-ring (bicyclic) bond motifs is 1. The van der Waals surface area contributed by atoms with E-state index in [-0.39, 0.29) is 5.54 Å². The summed E-state index contributed by atoms with van der Waals surface area (Å²) in [6.45, 7) is 9.25. The van der Waals surface area contributed by atoms with Crippen LogP contribution >= 0.6 is 0 Å². The predicted octanol–water partition coefficient (Wildman–Crippen LogP) is 2.38. The quantitative estimate of drug-likeness (QED) is 0.842. The molecule has 4 nitrogen and oxygen atoms in total. The van der Waals surface area contributed by atoms with E-state index < -0.39 is 0 Å². The van der Waals surface area contributed by atoms with Crippen LogP contribution in [-0.4, -0.2) is 31.5 Å². The highest BCUT2D eigenvalue weighted by Crippen LogP contribution is 2.38. The van der Waals surface area contributed by atoms with E-state index in [1.54, 1.807) is 0 Å². The average Bonchev–Trinajstić information content (AvgIpc) is 2.77. The van der Waals surface area contributed by atoms with Crippen LogP contribution in [0.4, 0.5) is 5.69 Å². The number of hydrogen-bond acceptors (Lipinski definition) is 4. The Kier molecular flexibility index (Phi) is 3.05. The van der Waals surface area contributed by atoms with E-state index >= 15 is 0 Å². The number of anilines is 1. The Morgan fingerprint density at radius 3 is 2.89 bits per heavy atom. The number of nitrogens with one attached hydrogen (secondary N) is 1. The summed E-state index contributed by atoms with van der Waals surface area (Å²) in [4.78, 5) is 2.47. The summed E-state index contributed by atoms with van der Waals surface area (Å²) in [5.74, 6) is 1.71. The van der Waals surface area contributed by atoms with Gasteiger partial charge >= 0.3 is 0 Å². The fraction of sp³-hybridized carbons (Fsp3) is 0.600. The molecule has 1 saturated heterocycles. The first-order valence-electron chi connectivity index (χ1n) is 6.97. The maximum Gasteiger partial charge on any atom is 0.231 e. The van der Waals surface area contributed by atoms with Gasteiger partial charge < -0.3 is 19.7 Å². The van der Waals surface area contributed by atoms with Crippen molar-refractivity contribution in [2.75, 3.05) is 24.8 Å². The van der Waals surface area contributed by atoms with Crippen LogP contribution in [0.1, 0.15) is 27.2 Å². The van der Waals surface area contributed by atoms with Crippen LogP contribution in [0.2, 0.25) is 0 Å². The summed E-state index contributed by atoms with van der Waals surface area (Å²) in [6, 6.07) is 6.73. The zero-order valence-electron chi connectivity index (χ0n) is 11.9. The summed E-state index contributed by atoms with van der Waals surface area (Å²) in [5.41, 5.74) is 1.36. The second kappa shape index (κ2) is 4.60. The first kappa shape index (κ1) is 12.6. The van der Waals surface area contributed by atoms with Gasteiger partial charge in [-0.25, -0.2) is 0 Å². The molecule has 0 aromatic heterocycles. The maximum absolute atomic E-state index is 5.49. The van der Waals surface area contributed by atoms with Gasteiger partial charge in [-0.2, -0.15) is 0 Å². The van der Waals surface area contributed by atoms with Gasteiger partial charge in [-0.05, 0) is 45.9 Å². The lowest BCUT2D eigenvalue weighted by Gasteiger charge is -2.39. The fourth-order valence-corrected chi connectivity index (χ4v) is 2.85. The minimum absolute atomic E-state index is 0.144. The molecule has 1 aromatic carbocycles. The molecular weight excluding hydrogens is 240 g/mol. The molecule has 0 radical (unpaired) electrons. The van der Waals surface area contributed by atoms with Crippen LogP contribution < -0.4 is 19.7 Å². The van der Waals surface area contributed by atoms with Crippen molar-refractivity contribution < 1.29 is 9.47 Å². The summed E-state index contributed by atoms with van der Waals surface area (Å²) >= 11 is 0. The van der Waals surface area contributed by atoms with Crippen LogP contribution in [0.25, 0.3) is 0 Å². The number of ether oxygens (including phenoxy) is 2. The van der Waals surface area contributed by atoms with E-state index in [4.69, 9.17) is 9.47 Å². The molecule has 1 aromatic rings. The zero-order chi connectivity index (χ0) is 13.5. The Morgan fingerprint density at radius 1 is 1.26 bits per heavy atom. The highest BCUT2D eigenvalue weighted by Gasteiger charge is 2.31. The van der Waals surface area contributed by atoms with Gasteiger partial charge in [0.1, 0.15) is 0 Å². The Bertz CT molecular complexity index is 473. The fourth-order valence-electron chi connectivity index (χ4n) is 2.85. The Balaban J connectivity index is 1.93. The number of rotatable bonds is 1. The molecular formula is C15H22N2O2. The van der Waals surface area contributed by atoms with Crippen molar-refractivity contribution in [2.45, 2.75) is 38.8 Å².